The highest BCUT2D eigenvalue weighted by Crippen LogP contribution is 2.33. The number of aromatic nitrogens is 2. The molecule has 5 heteroatoms. The molecule has 150 valence electrons. The molecule has 0 atom stereocenters. The van der Waals surface area contributed by atoms with Crippen molar-refractivity contribution in [2.75, 3.05) is 14.2 Å². The zero-order valence-corrected chi connectivity index (χ0v) is 17.9. The Balaban J connectivity index is 2.59. The number of Topliss-reactive ketones (excluding diaryl/α,β-unsaturated/α-hetero) is 1. The Kier molecular flexibility index (Phi) is 7.32. The Bertz CT molecular complexity index is 870. The highest BCUT2D eigenvalue weighted by atomic mass is 16.5. The lowest BCUT2D eigenvalue weighted by molar-refractivity contribution is -0.114. The summed E-state index contributed by atoms with van der Waals surface area (Å²) in [7, 11) is 3.20. The minimum atomic E-state index is 0.0955. The number of hydrogen-bond acceptors (Lipinski definition) is 5. The average molecular weight is 383 g/mol. The SMILES string of the molecule is C/C=C(/C(=O)CC(C)C)c1nc(-c2ccc(OC)c(OC)c2)cnc1C(C)C. The van der Waals surface area contributed by atoms with Gasteiger partial charge in [-0.15, -0.1) is 0 Å². The van der Waals surface area contributed by atoms with E-state index in [2.05, 4.69) is 18.8 Å². The molecule has 5 nitrogen and oxygen atoms in total. The smallest absolute Gasteiger partial charge is 0.165 e. The van der Waals surface area contributed by atoms with Crippen molar-refractivity contribution in [2.24, 2.45) is 5.92 Å². The van der Waals surface area contributed by atoms with Crippen molar-refractivity contribution >= 4 is 11.4 Å². The van der Waals surface area contributed by atoms with Gasteiger partial charge >= 0.3 is 0 Å². The maximum Gasteiger partial charge on any atom is 0.165 e. The van der Waals surface area contributed by atoms with Crippen LogP contribution in [0.3, 0.4) is 0 Å². The third-order valence-electron chi connectivity index (χ3n) is 4.46. The minimum absolute atomic E-state index is 0.0955. The van der Waals surface area contributed by atoms with Gasteiger partial charge in [-0.05, 0) is 37.0 Å². The molecule has 2 aromatic rings. The third-order valence-corrected chi connectivity index (χ3v) is 4.46. The quantitative estimate of drug-likeness (QED) is 0.580. The lowest BCUT2D eigenvalue weighted by Crippen LogP contribution is -2.11. The summed E-state index contributed by atoms with van der Waals surface area (Å²) in [6.07, 6.45) is 4.08. The fraction of sp³-hybridized carbons (Fsp3) is 0.435. The van der Waals surface area contributed by atoms with Crippen LogP contribution in [0.4, 0.5) is 0 Å². The summed E-state index contributed by atoms with van der Waals surface area (Å²) < 4.78 is 10.7. The topological polar surface area (TPSA) is 61.3 Å². The molecule has 1 heterocycles. The Hall–Kier alpha value is -2.69. The maximum absolute atomic E-state index is 12.8. The Morgan fingerprint density at radius 3 is 2.32 bits per heavy atom. The molecule has 0 saturated heterocycles. The molecule has 0 aliphatic carbocycles. The Morgan fingerprint density at radius 2 is 1.79 bits per heavy atom. The number of benzene rings is 1. The van der Waals surface area contributed by atoms with Crippen LogP contribution < -0.4 is 9.47 Å². The van der Waals surface area contributed by atoms with Crippen LogP contribution in [0.25, 0.3) is 16.8 Å². The number of rotatable bonds is 8. The summed E-state index contributed by atoms with van der Waals surface area (Å²) >= 11 is 0. The van der Waals surface area contributed by atoms with Crippen molar-refractivity contribution in [1.82, 2.24) is 9.97 Å². The van der Waals surface area contributed by atoms with Crippen molar-refractivity contribution in [2.45, 2.75) is 47.0 Å². The van der Waals surface area contributed by atoms with Gasteiger partial charge in [0.1, 0.15) is 0 Å². The summed E-state index contributed by atoms with van der Waals surface area (Å²) in [5.74, 6) is 1.81. The van der Waals surface area contributed by atoms with Gasteiger partial charge in [-0.25, -0.2) is 4.98 Å². The van der Waals surface area contributed by atoms with E-state index in [0.29, 0.717) is 34.9 Å². The molecule has 0 aliphatic rings. The van der Waals surface area contributed by atoms with Crippen LogP contribution in [-0.2, 0) is 4.79 Å². The molecular weight excluding hydrogens is 352 g/mol. The fourth-order valence-electron chi connectivity index (χ4n) is 3.06. The van der Waals surface area contributed by atoms with Crippen molar-refractivity contribution in [3.05, 3.63) is 41.9 Å². The van der Waals surface area contributed by atoms with Crippen LogP contribution >= 0.6 is 0 Å². The van der Waals surface area contributed by atoms with Crippen LogP contribution in [0, 0.1) is 5.92 Å². The van der Waals surface area contributed by atoms with Gasteiger partial charge in [0.25, 0.3) is 0 Å². The molecular formula is C23H30N2O3. The molecule has 0 amide bonds. The molecule has 2 rings (SSSR count). The summed E-state index contributed by atoms with van der Waals surface area (Å²) in [5, 5.41) is 0. The van der Waals surface area contributed by atoms with E-state index in [0.717, 1.165) is 11.3 Å². The van der Waals surface area contributed by atoms with Gasteiger partial charge in [0, 0.05) is 17.6 Å². The largest absolute Gasteiger partial charge is 0.493 e. The summed E-state index contributed by atoms with van der Waals surface area (Å²) in [6.45, 7) is 10.1. The van der Waals surface area contributed by atoms with E-state index in [9.17, 15) is 4.79 Å². The predicted molar refractivity (Wildman–Crippen MR) is 113 cm³/mol. The number of ether oxygens (including phenoxy) is 2. The summed E-state index contributed by atoms with van der Waals surface area (Å²) in [4.78, 5) is 22.3. The lowest BCUT2D eigenvalue weighted by atomic mass is 9.94. The molecule has 0 aliphatic heterocycles. The van der Waals surface area contributed by atoms with Crippen LogP contribution in [0.5, 0.6) is 11.5 Å². The van der Waals surface area contributed by atoms with Crippen molar-refractivity contribution in [1.29, 1.82) is 0 Å². The third kappa shape index (κ3) is 4.77. The van der Waals surface area contributed by atoms with Gasteiger partial charge in [0.05, 0.1) is 37.5 Å². The van der Waals surface area contributed by atoms with E-state index in [1.54, 1.807) is 20.4 Å². The number of carbonyl (C=O) groups excluding carboxylic acids is 1. The second-order valence-electron chi connectivity index (χ2n) is 7.44. The molecule has 28 heavy (non-hydrogen) atoms. The number of allylic oxidation sites excluding steroid dienone is 2. The van der Waals surface area contributed by atoms with Gasteiger partial charge in [0.2, 0.25) is 0 Å². The molecule has 0 fully saturated rings. The Morgan fingerprint density at radius 1 is 1.11 bits per heavy atom. The molecule has 0 bridgehead atoms. The summed E-state index contributed by atoms with van der Waals surface area (Å²) in [5.41, 5.74) is 3.67. The van der Waals surface area contributed by atoms with E-state index in [1.807, 2.05) is 45.0 Å². The number of carbonyl (C=O) groups is 1. The number of ketones is 1. The summed E-state index contributed by atoms with van der Waals surface area (Å²) in [6, 6.07) is 5.62. The van der Waals surface area contributed by atoms with Gasteiger partial charge in [-0.3, -0.25) is 9.78 Å². The normalized spacial score (nSPS) is 11.8. The van der Waals surface area contributed by atoms with Crippen LogP contribution in [-0.4, -0.2) is 30.0 Å². The van der Waals surface area contributed by atoms with Crippen LogP contribution in [0.15, 0.2) is 30.5 Å². The highest BCUT2D eigenvalue weighted by molar-refractivity contribution is 6.20. The number of methoxy groups -OCH3 is 2. The van der Waals surface area contributed by atoms with Gasteiger partial charge in [0.15, 0.2) is 17.3 Å². The van der Waals surface area contributed by atoms with E-state index >= 15 is 0 Å². The van der Waals surface area contributed by atoms with E-state index < -0.39 is 0 Å². The first-order chi connectivity index (χ1) is 13.3. The first kappa shape index (κ1) is 21.6. The molecule has 0 saturated carbocycles. The average Bonchev–Trinajstić information content (AvgIpc) is 2.67. The van der Waals surface area contributed by atoms with E-state index in [-0.39, 0.29) is 17.6 Å². The molecule has 1 aromatic heterocycles. The van der Waals surface area contributed by atoms with Gasteiger partial charge in [-0.1, -0.05) is 33.8 Å². The molecule has 0 unspecified atom stereocenters. The van der Waals surface area contributed by atoms with Gasteiger partial charge in [-0.2, -0.15) is 0 Å². The zero-order valence-electron chi connectivity index (χ0n) is 17.9. The second-order valence-corrected chi connectivity index (χ2v) is 7.44. The number of hydrogen-bond donors (Lipinski definition) is 0. The maximum atomic E-state index is 12.8. The minimum Gasteiger partial charge on any atom is -0.493 e. The van der Waals surface area contributed by atoms with Crippen LogP contribution in [0.1, 0.15) is 58.3 Å². The molecule has 0 N–H and O–H groups in total. The number of nitrogens with zero attached hydrogens (tertiary/aromatic N) is 2. The van der Waals surface area contributed by atoms with Crippen LogP contribution in [0.2, 0.25) is 0 Å². The lowest BCUT2D eigenvalue weighted by Gasteiger charge is -2.16. The standard InChI is InChI=1S/C23H30N2O3/c1-8-17(19(26)11-14(2)3)23-22(15(4)5)24-13-18(25-23)16-9-10-20(27-6)21(12-16)28-7/h8-10,12-15H,11H2,1-7H3/b17-8-. The van der Waals surface area contributed by atoms with Crippen molar-refractivity contribution in [3.8, 4) is 22.8 Å². The Labute approximate surface area is 167 Å². The first-order valence-electron chi connectivity index (χ1n) is 9.61. The fourth-order valence-corrected chi connectivity index (χ4v) is 3.06. The van der Waals surface area contributed by atoms with Crippen molar-refractivity contribution in [3.63, 3.8) is 0 Å². The highest BCUT2D eigenvalue weighted by Gasteiger charge is 2.21. The molecule has 1 aromatic carbocycles. The monoisotopic (exact) mass is 382 g/mol. The van der Waals surface area contributed by atoms with E-state index in [4.69, 9.17) is 14.5 Å². The molecule has 0 spiro atoms. The molecule has 0 radical (unpaired) electrons. The first-order valence-corrected chi connectivity index (χ1v) is 9.61. The zero-order chi connectivity index (χ0) is 20.8. The second kappa shape index (κ2) is 9.49. The predicted octanol–water partition coefficient (Wildman–Crippen LogP) is 5.30. The van der Waals surface area contributed by atoms with Crippen molar-refractivity contribution < 1.29 is 14.3 Å². The van der Waals surface area contributed by atoms with E-state index in [1.165, 1.54) is 0 Å². The van der Waals surface area contributed by atoms with Gasteiger partial charge < -0.3 is 9.47 Å².